The lowest BCUT2D eigenvalue weighted by molar-refractivity contribution is 0.255. The SMILES string of the molecule is Cc1cc(C)nc(-c2ccc(N3CCN(CCCc4c[nH]c5ccc(F)cc45)CC3)cc2)n1. The highest BCUT2D eigenvalue weighted by Crippen LogP contribution is 2.23. The summed E-state index contributed by atoms with van der Waals surface area (Å²) in [6.45, 7) is 9.25. The van der Waals surface area contributed by atoms with E-state index in [9.17, 15) is 4.39 Å². The van der Waals surface area contributed by atoms with Crippen LogP contribution in [0.1, 0.15) is 23.4 Å². The number of nitrogens with zero attached hydrogens (tertiary/aromatic N) is 4. The molecule has 0 atom stereocenters. The minimum absolute atomic E-state index is 0.172. The van der Waals surface area contributed by atoms with E-state index in [0.717, 1.165) is 79.2 Å². The molecule has 0 bridgehead atoms. The average molecular weight is 444 g/mol. The van der Waals surface area contributed by atoms with E-state index in [2.05, 4.69) is 49.0 Å². The maximum atomic E-state index is 13.6. The number of fused-ring (bicyclic) bond motifs is 1. The summed E-state index contributed by atoms with van der Waals surface area (Å²) in [6, 6.07) is 15.6. The molecule has 5 rings (SSSR count). The first-order valence-electron chi connectivity index (χ1n) is 11.7. The molecule has 0 radical (unpaired) electrons. The topological polar surface area (TPSA) is 48.1 Å². The van der Waals surface area contributed by atoms with E-state index in [0.29, 0.717) is 0 Å². The second-order valence-corrected chi connectivity index (χ2v) is 8.96. The van der Waals surface area contributed by atoms with Crippen molar-refractivity contribution in [1.82, 2.24) is 19.9 Å². The van der Waals surface area contributed by atoms with E-state index in [1.165, 1.54) is 17.3 Å². The molecular weight excluding hydrogens is 413 g/mol. The lowest BCUT2D eigenvalue weighted by atomic mass is 10.1. The Balaban J connectivity index is 1.13. The number of hydrogen-bond acceptors (Lipinski definition) is 4. The van der Waals surface area contributed by atoms with Crippen LogP contribution < -0.4 is 4.90 Å². The number of hydrogen-bond donors (Lipinski definition) is 1. The van der Waals surface area contributed by atoms with Crippen molar-refractivity contribution in [2.75, 3.05) is 37.6 Å². The van der Waals surface area contributed by atoms with Crippen LogP contribution in [0.25, 0.3) is 22.3 Å². The molecule has 170 valence electrons. The van der Waals surface area contributed by atoms with Crippen molar-refractivity contribution < 1.29 is 4.39 Å². The Kier molecular flexibility index (Phi) is 6.09. The van der Waals surface area contributed by atoms with Gasteiger partial charge in [-0.15, -0.1) is 0 Å². The summed E-state index contributed by atoms with van der Waals surface area (Å²) in [5.41, 5.74) is 6.51. The molecule has 0 spiro atoms. The second kappa shape index (κ2) is 9.32. The van der Waals surface area contributed by atoms with Crippen molar-refractivity contribution in [3.8, 4) is 11.4 Å². The monoisotopic (exact) mass is 443 g/mol. The number of aryl methyl sites for hydroxylation is 3. The number of aromatic amines is 1. The van der Waals surface area contributed by atoms with Crippen molar-refractivity contribution in [3.63, 3.8) is 0 Å². The molecule has 1 aliphatic rings. The zero-order chi connectivity index (χ0) is 22.8. The number of aromatic nitrogens is 3. The Labute approximate surface area is 194 Å². The predicted molar refractivity (Wildman–Crippen MR) is 132 cm³/mol. The summed E-state index contributed by atoms with van der Waals surface area (Å²) < 4.78 is 13.6. The largest absolute Gasteiger partial charge is 0.369 e. The molecule has 1 N–H and O–H groups in total. The number of benzene rings is 2. The third kappa shape index (κ3) is 4.91. The maximum absolute atomic E-state index is 13.6. The summed E-state index contributed by atoms with van der Waals surface area (Å²) in [5, 5.41) is 1.01. The van der Waals surface area contributed by atoms with Crippen molar-refractivity contribution in [1.29, 1.82) is 0 Å². The smallest absolute Gasteiger partial charge is 0.159 e. The van der Waals surface area contributed by atoms with E-state index in [4.69, 9.17) is 0 Å². The molecule has 0 aliphatic carbocycles. The molecule has 5 nitrogen and oxygen atoms in total. The Morgan fingerprint density at radius 3 is 2.36 bits per heavy atom. The highest BCUT2D eigenvalue weighted by atomic mass is 19.1. The highest BCUT2D eigenvalue weighted by molar-refractivity contribution is 5.83. The van der Waals surface area contributed by atoms with Crippen LogP contribution in [0.15, 0.2) is 54.7 Å². The van der Waals surface area contributed by atoms with Crippen LogP contribution in [0.5, 0.6) is 0 Å². The molecule has 1 aliphatic heterocycles. The molecule has 0 amide bonds. The van der Waals surface area contributed by atoms with Gasteiger partial charge in [0.05, 0.1) is 0 Å². The molecule has 3 heterocycles. The molecule has 0 unspecified atom stereocenters. The lowest BCUT2D eigenvalue weighted by Crippen LogP contribution is -2.46. The fourth-order valence-corrected chi connectivity index (χ4v) is 4.76. The van der Waals surface area contributed by atoms with Gasteiger partial charge in [0, 0.05) is 65.9 Å². The van der Waals surface area contributed by atoms with Gasteiger partial charge in [-0.25, -0.2) is 14.4 Å². The Morgan fingerprint density at radius 1 is 0.909 bits per heavy atom. The molecule has 6 heteroatoms. The summed E-state index contributed by atoms with van der Waals surface area (Å²) in [4.78, 5) is 17.4. The van der Waals surface area contributed by atoms with Crippen LogP contribution in [0.4, 0.5) is 10.1 Å². The Hall–Kier alpha value is -3.25. The number of piperazine rings is 1. The molecular formula is C27H30FN5. The molecule has 33 heavy (non-hydrogen) atoms. The number of rotatable bonds is 6. The second-order valence-electron chi connectivity index (χ2n) is 8.96. The normalized spacial score (nSPS) is 14.8. The van der Waals surface area contributed by atoms with E-state index in [-0.39, 0.29) is 5.82 Å². The standard InChI is InChI=1S/C27H30FN5/c1-19-16-20(2)31-27(30-19)21-5-8-24(9-6-21)33-14-12-32(13-15-33)11-3-4-22-18-29-26-10-7-23(28)17-25(22)26/h5-10,16-18,29H,3-4,11-15H2,1-2H3. The van der Waals surface area contributed by atoms with E-state index < -0.39 is 0 Å². The molecule has 2 aromatic heterocycles. The number of H-pyrrole nitrogens is 1. The Morgan fingerprint density at radius 2 is 1.64 bits per heavy atom. The quantitative estimate of drug-likeness (QED) is 0.449. The van der Waals surface area contributed by atoms with Crippen LogP contribution in [0, 0.1) is 19.7 Å². The minimum atomic E-state index is -0.172. The number of nitrogens with one attached hydrogen (secondary N) is 1. The van der Waals surface area contributed by atoms with Crippen molar-refractivity contribution in [2.45, 2.75) is 26.7 Å². The molecule has 2 aromatic carbocycles. The van der Waals surface area contributed by atoms with Crippen LogP contribution in [0.3, 0.4) is 0 Å². The summed E-state index contributed by atoms with van der Waals surface area (Å²) in [7, 11) is 0. The zero-order valence-electron chi connectivity index (χ0n) is 19.3. The molecule has 4 aromatic rings. The first kappa shape index (κ1) is 21.6. The fourth-order valence-electron chi connectivity index (χ4n) is 4.76. The van der Waals surface area contributed by atoms with Crippen molar-refractivity contribution in [3.05, 3.63) is 77.5 Å². The van der Waals surface area contributed by atoms with Crippen LogP contribution in [0.2, 0.25) is 0 Å². The number of halogens is 1. The van der Waals surface area contributed by atoms with E-state index in [1.807, 2.05) is 32.2 Å². The van der Waals surface area contributed by atoms with Gasteiger partial charge in [-0.3, -0.25) is 4.90 Å². The van der Waals surface area contributed by atoms with Gasteiger partial charge in [-0.2, -0.15) is 0 Å². The number of anilines is 1. The summed E-state index contributed by atoms with van der Waals surface area (Å²) >= 11 is 0. The average Bonchev–Trinajstić information content (AvgIpc) is 3.21. The van der Waals surface area contributed by atoms with Gasteiger partial charge in [0.15, 0.2) is 5.82 Å². The predicted octanol–water partition coefficient (Wildman–Crippen LogP) is 5.14. The van der Waals surface area contributed by atoms with Gasteiger partial charge in [0.25, 0.3) is 0 Å². The summed E-state index contributed by atoms with van der Waals surface area (Å²) in [6.07, 6.45) is 4.06. The van der Waals surface area contributed by atoms with E-state index >= 15 is 0 Å². The fraction of sp³-hybridized carbons (Fsp3) is 0.333. The van der Waals surface area contributed by atoms with Gasteiger partial charge in [-0.1, -0.05) is 0 Å². The highest BCUT2D eigenvalue weighted by Gasteiger charge is 2.17. The minimum Gasteiger partial charge on any atom is -0.369 e. The maximum Gasteiger partial charge on any atom is 0.159 e. The van der Waals surface area contributed by atoms with Gasteiger partial charge < -0.3 is 9.88 Å². The Bertz CT molecular complexity index is 1220. The van der Waals surface area contributed by atoms with Gasteiger partial charge in [-0.05, 0) is 87.3 Å². The summed E-state index contributed by atoms with van der Waals surface area (Å²) in [5.74, 6) is 0.621. The first-order chi connectivity index (χ1) is 16.0. The first-order valence-corrected chi connectivity index (χ1v) is 11.7. The molecule has 1 fully saturated rings. The lowest BCUT2D eigenvalue weighted by Gasteiger charge is -2.36. The van der Waals surface area contributed by atoms with Crippen molar-refractivity contribution >= 4 is 16.6 Å². The molecule has 1 saturated heterocycles. The van der Waals surface area contributed by atoms with E-state index in [1.54, 1.807) is 6.07 Å². The third-order valence-corrected chi connectivity index (χ3v) is 6.50. The van der Waals surface area contributed by atoms with Crippen LogP contribution in [-0.2, 0) is 6.42 Å². The van der Waals surface area contributed by atoms with Gasteiger partial charge in [0.1, 0.15) is 5.82 Å². The van der Waals surface area contributed by atoms with Crippen LogP contribution >= 0.6 is 0 Å². The van der Waals surface area contributed by atoms with Crippen LogP contribution in [-0.4, -0.2) is 52.6 Å². The third-order valence-electron chi connectivity index (χ3n) is 6.50. The van der Waals surface area contributed by atoms with Gasteiger partial charge in [0.2, 0.25) is 0 Å². The molecule has 0 saturated carbocycles. The van der Waals surface area contributed by atoms with Gasteiger partial charge >= 0.3 is 0 Å². The zero-order valence-corrected chi connectivity index (χ0v) is 19.3. The van der Waals surface area contributed by atoms with Crippen molar-refractivity contribution in [2.24, 2.45) is 0 Å².